The van der Waals surface area contributed by atoms with Crippen LogP contribution in [0.4, 0.5) is 5.69 Å². The van der Waals surface area contributed by atoms with Crippen LogP contribution >= 0.6 is 0 Å². The fourth-order valence-electron chi connectivity index (χ4n) is 1.68. The minimum Gasteiger partial charge on any atom is -0.474 e. The molecule has 2 unspecified atom stereocenters. The molecule has 0 radical (unpaired) electrons. The molecule has 1 aliphatic heterocycles. The van der Waals surface area contributed by atoms with Gasteiger partial charge < -0.3 is 19.6 Å². The maximum absolute atomic E-state index is 11.6. The quantitative estimate of drug-likeness (QED) is 0.625. The molecule has 2 rings (SSSR count). The molecule has 1 aromatic rings. The Labute approximate surface area is 98.7 Å². The average Bonchev–Trinajstić information content (AvgIpc) is 2.37. The molecule has 0 saturated carbocycles. The van der Waals surface area contributed by atoms with E-state index in [-0.39, 0.29) is 6.61 Å². The second-order valence-corrected chi connectivity index (χ2v) is 3.59. The molecule has 0 bridgehead atoms. The van der Waals surface area contributed by atoms with Crippen LogP contribution in [0.5, 0.6) is 5.75 Å². The number of carbonyl (C=O) groups is 2. The highest BCUT2D eigenvalue weighted by atomic mass is 16.6. The molecule has 1 aliphatic rings. The topological polar surface area (TPSA) is 64.6 Å². The summed E-state index contributed by atoms with van der Waals surface area (Å²) in [6, 6.07) is 6.41. The van der Waals surface area contributed by atoms with Gasteiger partial charge in [-0.05, 0) is 19.1 Å². The van der Waals surface area contributed by atoms with Gasteiger partial charge >= 0.3 is 5.97 Å². The van der Waals surface area contributed by atoms with Crippen LogP contribution in [0.25, 0.3) is 0 Å². The van der Waals surface area contributed by atoms with Gasteiger partial charge in [0.05, 0.1) is 12.3 Å². The Kier molecular flexibility index (Phi) is 3.27. The maximum Gasteiger partial charge on any atom is 0.350 e. The molecule has 0 aliphatic carbocycles. The molecule has 0 fully saturated rings. The van der Waals surface area contributed by atoms with Crippen LogP contribution in [0.15, 0.2) is 24.3 Å². The van der Waals surface area contributed by atoms with Crippen LogP contribution in [0.3, 0.4) is 0 Å². The lowest BCUT2D eigenvalue weighted by molar-refractivity contribution is -0.153. The first-order valence-corrected chi connectivity index (χ1v) is 5.40. The standard InChI is InChI=1S/C12H13NO4/c1-2-16-12(15)11-9(7-14)13-8-5-3-4-6-10(8)17-11/h3-7,9,11,13H,2H2,1H3. The summed E-state index contributed by atoms with van der Waals surface area (Å²) in [6.07, 6.45) is -0.278. The van der Waals surface area contributed by atoms with Crippen LogP contribution in [-0.2, 0) is 14.3 Å². The summed E-state index contributed by atoms with van der Waals surface area (Å²) >= 11 is 0. The van der Waals surface area contributed by atoms with E-state index in [1.807, 2.05) is 6.07 Å². The summed E-state index contributed by atoms with van der Waals surface area (Å²) in [5.41, 5.74) is 0.699. The van der Waals surface area contributed by atoms with Gasteiger partial charge in [-0.15, -0.1) is 0 Å². The van der Waals surface area contributed by atoms with Gasteiger partial charge in [0.2, 0.25) is 6.10 Å². The fourth-order valence-corrected chi connectivity index (χ4v) is 1.68. The monoisotopic (exact) mass is 235 g/mol. The van der Waals surface area contributed by atoms with E-state index in [1.54, 1.807) is 25.1 Å². The lowest BCUT2D eigenvalue weighted by Crippen LogP contribution is -2.48. The lowest BCUT2D eigenvalue weighted by Gasteiger charge is -2.30. The molecule has 5 heteroatoms. The number of anilines is 1. The Morgan fingerprint density at radius 2 is 2.29 bits per heavy atom. The number of hydrogen-bond acceptors (Lipinski definition) is 5. The van der Waals surface area contributed by atoms with Crippen molar-refractivity contribution in [2.24, 2.45) is 0 Å². The van der Waals surface area contributed by atoms with Crippen molar-refractivity contribution in [1.82, 2.24) is 0 Å². The number of esters is 1. The number of carbonyl (C=O) groups excluding carboxylic acids is 2. The van der Waals surface area contributed by atoms with Gasteiger partial charge in [-0.2, -0.15) is 0 Å². The SMILES string of the molecule is CCOC(=O)C1Oc2ccccc2NC1C=O. The van der Waals surface area contributed by atoms with Crippen LogP contribution in [-0.4, -0.2) is 31.0 Å². The van der Waals surface area contributed by atoms with Gasteiger partial charge in [-0.25, -0.2) is 4.79 Å². The summed E-state index contributed by atoms with van der Waals surface area (Å²) in [6.45, 7) is 1.96. The smallest absolute Gasteiger partial charge is 0.350 e. The number of benzene rings is 1. The summed E-state index contributed by atoms with van der Waals surface area (Å²) < 4.78 is 10.3. The zero-order valence-corrected chi connectivity index (χ0v) is 9.38. The van der Waals surface area contributed by atoms with Crippen molar-refractivity contribution in [3.63, 3.8) is 0 Å². The van der Waals surface area contributed by atoms with Crippen molar-refractivity contribution in [3.05, 3.63) is 24.3 Å². The van der Waals surface area contributed by atoms with Crippen molar-refractivity contribution in [2.75, 3.05) is 11.9 Å². The number of nitrogens with one attached hydrogen (secondary N) is 1. The summed E-state index contributed by atoms with van der Waals surface area (Å²) in [4.78, 5) is 22.6. The third kappa shape index (κ3) is 2.22. The molecule has 0 amide bonds. The highest BCUT2D eigenvalue weighted by molar-refractivity contribution is 5.85. The molecule has 1 N–H and O–H groups in total. The molecule has 1 aromatic carbocycles. The van der Waals surface area contributed by atoms with Gasteiger partial charge in [0.15, 0.2) is 0 Å². The predicted octanol–water partition coefficient (Wildman–Crippen LogP) is 0.990. The Hall–Kier alpha value is -2.04. The summed E-state index contributed by atoms with van der Waals surface area (Å²) in [7, 11) is 0. The number of para-hydroxylation sites is 2. The third-order valence-electron chi connectivity index (χ3n) is 2.45. The highest BCUT2D eigenvalue weighted by Gasteiger charge is 2.35. The van der Waals surface area contributed by atoms with Gasteiger partial charge in [0.25, 0.3) is 0 Å². The zero-order valence-electron chi connectivity index (χ0n) is 9.38. The zero-order chi connectivity index (χ0) is 12.3. The van der Waals surface area contributed by atoms with Crippen molar-refractivity contribution in [3.8, 4) is 5.75 Å². The Balaban J connectivity index is 2.24. The van der Waals surface area contributed by atoms with Crippen LogP contribution in [0.2, 0.25) is 0 Å². The summed E-state index contributed by atoms with van der Waals surface area (Å²) in [5, 5.41) is 2.94. The van der Waals surface area contributed by atoms with Crippen molar-refractivity contribution < 1.29 is 19.1 Å². The Bertz CT molecular complexity index is 432. The Morgan fingerprint density at radius 3 is 3.00 bits per heavy atom. The first-order valence-electron chi connectivity index (χ1n) is 5.40. The summed E-state index contributed by atoms with van der Waals surface area (Å²) in [5.74, 6) is 0.00950. The van der Waals surface area contributed by atoms with Gasteiger partial charge in [-0.3, -0.25) is 0 Å². The molecular weight excluding hydrogens is 222 g/mol. The van der Waals surface area contributed by atoms with E-state index in [0.29, 0.717) is 17.7 Å². The van der Waals surface area contributed by atoms with Crippen LogP contribution in [0, 0.1) is 0 Å². The molecule has 17 heavy (non-hydrogen) atoms. The molecule has 0 aromatic heterocycles. The molecule has 0 saturated heterocycles. The second-order valence-electron chi connectivity index (χ2n) is 3.59. The molecule has 90 valence electrons. The minimum atomic E-state index is -0.928. The Morgan fingerprint density at radius 1 is 1.53 bits per heavy atom. The van der Waals surface area contributed by atoms with E-state index >= 15 is 0 Å². The number of fused-ring (bicyclic) bond motifs is 1. The van der Waals surface area contributed by atoms with Gasteiger partial charge in [0.1, 0.15) is 18.1 Å². The van der Waals surface area contributed by atoms with E-state index in [0.717, 1.165) is 0 Å². The van der Waals surface area contributed by atoms with E-state index in [4.69, 9.17) is 9.47 Å². The maximum atomic E-state index is 11.6. The van der Waals surface area contributed by atoms with Gasteiger partial charge in [-0.1, -0.05) is 12.1 Å². The van der Waals surface area contributed by atoms with E-state index in [1.165, 1.54) is 0 Å². The van der Waals surface area contributed by atoms with E-state index in [2.05, 4.69) is 5.32 Å². The van der Waals surface area contributed by atoms with Gasteiger partial charge in [0, 0.05) is 0 Å². The highest BCUT2D eigenvalue weighted by Crippen LogP contribution is 2.30. The first-order chi connectivity index (χ1) is 8.26. The van der Waals surface area contributed by atoms with Crippen LogP contribution in [0.1, 0.15) is 6.92 Å². The fraction of sp³-hybridized carbons (Fsp3) is 0.333. The first kappa shape index (κ1) is 11.4. The molecule has 2 atom stereocenters. The van der Waals surface area contributed by atoms with Crippen molar-refractivity contribution in [2.45, 2.75) is 19.1 Å². The number of rotatable bonds is 3. The van der Waals surface area contributed by atoms with E-state index < -0.39 is 18.1 Å². The number of hydrogen-bond donors (Lipinski definition) is 1. The predicted molar refractivity (Wildman–Crippen MR) is 61.0 cm³/mol. The lowest BCUT2D eigenvalue weighted by atomic mass is 10.1. The minimum absolute atomic E-state index is 0.256. The molecule has 0 spiro atoms. The molecule has 1 heterocycles. The third-order valence-corrected chi connectivity index (χ3v) is 2.45. The van der Waals surface area contributed by atoms with Crippen molar-refractivity contribution >= 4 is 17.9 Å². The number of aldehydes is 1. The number of ether oxygens (including phenoxy) is 2. The largest absolute Gasteiger partial charge is 0.474 e. The normalized spacial score (nSPS) is 21.7. The van der Waals surface area contributed by atoms with Crippen LogP contribution < -0.4 is 10.1 Å². The molecular formula is C12H13NO4. The molecule has 5 nitrogen and oxygen atoms in total. The second kappa shape index (κ2) is 4.86. The average molecular weight is 235 g/mol. The van der Waals surface area contributed by atoms with Crippen molar-refractivity contribution in [1.29, 1.82) is 0 Å². The van der Waals surface area contributed by atoms with E-state index in [9.17, 15) is 9.59 Å².